The maximum atomic E-state index is 5.05. The predicted molar refractivity (Wildman–Crippen MR) is 49.8 cm³/mol. The van der Waals surface area contributed by atoms with Crippen molar-refractivity contribution < 1.29 is 4.74 Å². The molecule has 0 amide bonds. The maximum Gasteiger partial charge on any atom is 0.0967 e. The summed E-state index contributed by atoms with van der Waals surface area (Å²) in [5.41, 5.74) is 0. The lowest BCUT2D eigenvalue weighted by atomic mass is 10.4. The lowest BCUT2D eigenvalue weighted by molar-refractivity contribution is 0.200. The van der Waals surface area contributed by atoms with Crippen LogP contribution in [0, 0.1) is 0 Å². The molecule has 1 fully saturated rings. The molecule has 0 saturated carbocycles. The Hall–Kier alpha value is 1.27. The smallest absolute Gasteiger partial charge is 0.0967 e. The zero-order valence-corrected chi connectivity index (χ0v) is 8.62. The highest BCUT2D eigenvalue weighted by Gasteiger charge is 2.09. The third-order valence-corrected chi connectivity index (χ3v) is 1.86. The van der Waals surface area contributed by atoms with E-state index < -0.39 is 0 Å². The second-order valence-electron chi connectivity index (χ2n) is 1.56. The normalized spacial score (nSPS) is 25.0. The zero-order chi connectivity index (χ0) is 7.11. The second-order valence-corrected chi connectivity index (χ2v) is 4.13. The highest BCUT2D eigenvalue weighted by Crippen LogP contribution is 2.12. The van der Waals surface area contributed by atoms with Crippen LogP contribution in [0.2, 0.25) is 0 Å². The molecule has 1 saturated heterocycles. The van der Waals surface area contributed by atoms with Crippen LogP contribution < -0.4 is 0 Å². The lowest BCUT2D eigenvalue weighted by Gasteiger charge is -1.86. The van der Waals surface area contributed by atoms with Gasteiger partial charge in [0.05, 0.1) is 11.9 Å². The van der Waals surface area contributed by atoms with Crippen LogP contribution in [0.5, 0.6) is 0 Å². The zero-order valence-electron chi connectivity index (χ0n) is 4.95. The molecule has 0 radical (unpaired) electrons. The van der Waals surface area contributed by atoms with Gasteiger partial charge in [-0.25, -0.2) is 0 Å². The molecule has 1 aliphatic heterocycles. The van der Waals surface area contributed by atoms with E-state index in [9.17, 15) is 0 Å². The molecule has 0 unspecified atom stereocenters. The van der Waals surface area contributed by atoms with Gasteiger partial charge in [-0.1, -0.05) is 22.6 Å². The molecule has 1 heterocycles. The number of halogens is 3. The van der Waals surface area contributed by atoms with Crippen LogP contribution in [-0.4, -0.2) is 22.5 Å². The van der Waals surface area contributed by atoms with E-state index in [1.54, 1.807) is 0 Å². The summed E-state index contributed by atoms with van der Waals surface area (Å²) < 4.78 is 5.84. The summed E-state index contributed by atoms with van der Waals surface area (Å²) in [5.74, 6) is 0. The van der Waals surface area contributed by atoms with Crippen molar-refractivity contribution in [2.24, 2.45) is 0 Å². The molecule has 1 rings (SSSR count). The third-order valence-electron chi connectivity index (χ3n) is 0.874. The molecule has 56 valence electrons. The van der Waals surface area contributed by atoms with Crippen molar-refractivity contribution in [1.82, 2.24) is 0 Å². The fourth-order valence-corrected chi connectivity index (χ4v) is 1.01. The van der Waals surface area contributed by atoms with Crippen molar-refractivity contribution in [3.63, 3.8) is 0 Å². The summed E-state index contributed by atoms with van der Waals surface area (Å²) in [5, 5.41) is 0.194. The Morgan fingerprint density at radius 1 is 1.56 bits per heavy atom. The Labute approximate surface area is 79.2 Å². The van der Waals surface area contributed by atoms with Gasteiger partial charge >= 0.3 is 0 Å². The Balaban J connectivity index is 0.000000187. The first-order chi connectivity index (χ1) is 4.31. The van der Waals surface area contributed by atoms with Crippen LogP contribution in [-0.2, 0) is 4.74 Å². The van der Waals surface area contributed by atoms with E-state index >= 15 is 0 Å². The average Bonchev–Trinajstić information content (AvgIpc) is 2.20. The summed E-state index contributed by atoms with van der Waals surface area (Å²) in [6, 6.07) is 0. The van der Waals surface area contributed by atoms with E-state index in [0.29, 0.717) is 0 Å². The summed E-state index contributed by atoms with van der Waals surface area (Å²) in [6.07, 6.45) is 1.25. The van der Waals surface area contributed by atoms with Crippen molar-refractivity contribution >= 4 is 45.8 Å². The molecule has 1 atom stereocenters. The van der Waals surface area contributed by atoms with Gasteiger partial charge in [-0.2, -0.15) is 0 Å². The van der Waals surface area contributed by atoms with Crippen molar-refractivity contribution in [2.45, 2.75) is 10.3 Å². The van der Waals surface area contributed by atoms with E-state index in [-0.39, 0.29) is 5.34 Å². The summed E-state index contributed by atoms with van der Waals surface area (Å²) in [4.78, 5) is 0. The van der Waals surface area contributed by atoms with Gasteiger partial charge in [0.15, 0.2) is 0 Å². The van der Waals surface area contributed by atoms with Gasteiger partial charge < -0.3 is 4.74 Å². The van der Waals surface area contributed by atoms with Crippen LogP contribution >= 0.6 is 45.8 Å². The van der Waals surface area contributed by atoms with Gasteiger partial charge in [0.2, 0.25) is 0 Å². The average molecular weight is 283 g/mol. The SMILES string of the molecule is ClCCl.I[C@@H]1CCOC1. The molecule has 1 aliphatic rings. The molecule has 1 nitrogen and oxygen atoms in total. The number of alkyl halides is 3. The van der Waals surface area contributed by atoms with E-state index in [1.807, 2.05) is 0 Å². The van der Waals surface area contributed by atoms with Gasteiger partial charge in [-0.3, -0.25) is 0 Å². The first kappa shape index (κ1) is 10.3. The Bertz CT molecular complexity index is 56.9. The third kappa shape index (κ3) is 7.16. The van der Waals surface area contributed by atoms with Crippen molar-refractivity contribution in [1.29, 1.82) is 0 Å². The van der Waals surface area contributed by atoms with Crippen molar-refractivity contribution in [2.75, 3.05) is 18.6 Å². The summed E-state index contributed by atoms with van der Waals surface area (Å²) in [7, 11) is 0. The highest BCUT2D eigenvalue weighted by atomic mass is 127. The molecule has 0 aliphatic carbocycles. The molecule has 0 spiro atoms. The molecular formula is C5H9Cl2IO. The van der Waals surface area contributed by atoms with E-state index in [4.69, 9.17) is 27.9 Å². The quantitative estimate of drug-likeness (QED) is 0.490. The molecule has 0 bridgehead atoms. The van der Waals surface area contributed by atoms with Crippen LogP contribution in [0.4, 0.5) is 0 Å². The van der Waals surface area contributed by atoms with Crippen molar-refractivity contribution in [3.05, 3.63) is 0 Å². The maximum absolute atomic E-state index is 5.05. The standard InChI is InChI=1S/C4H7IO.CH2Cl2/c5-4-1-2-6-3-4;2-1-3/h4H,1-3H2;1H2/t4-;/m1./s1. The number of hydrogen-bond acceptors (Lipinski definition) is 1. The van der Waals surface area contributed by atoms with Crippen LogP contribution in [0.25, 0.3) is 0 Å². The topological polar surface area (TPSA) is 9.23 Å². The van der Waals surface area contributed by atoms with E-state index in [1.165, 1.54) is 6.42 Å². The summed E-state index contributed by atoms with van der Waals surface area (Å²) >= 11 is 11.9. The van der Waals surface area contributed by atoms with Gasteiger partial charge in [0.25, 0.3) is 0 Å². The fourth-order valence-electron chi connectivity index (χ4n) is 0.506. The highest BCUT2D eigenvalue weighted by molar-refractivity contribution is 14.1. The van der Waals surface area contributed by atoms with Gasteiger partial charge in [0.1, 0.15) is 0 Å². The lowest BCUT2D eigenvalue weighted by Crippen LogP contribution is -1.91. The largest absolute Gasteiger partial charge is 0.380 e. The minimum absolute atomic E-state index is 0.194. The summed E-state index contributed by atoms with van der Waals surface area (Å²) in [6.45, 7) is 1.95. The van der Waals surface area contributed by atoms with E-state index in [0.717, 1.165) is 17.1 Å². The van der Waals surface area contributed by atoms with Crippen molar-refractivity contribution in [3.8, 4) is 0 Å². The minimum Gasteiger partial charge on any atom is -0.380 e. The van der Waals surface area contributed by atoms with E-state index in [2.05, 4.69) is 22.6 Å². The minimum atomic E-state index is 0.194. The first-order valence-electron chi connectivity index (χ1n) is 2.65. The number of ether oxygens (including phenoxy) is 1. The number of rotatable bonds is 0. The molecular weight excluding hydrogens is 274 g/mol. The predicted octanol–water partition coefficient (Wildman–Crippen LogP) is 2.63. The Kier molecular flexibility index (Phi) is 8.42. The van der Waals surface area contributed by atoms with Gasteiger partial charge in [-0.05, 0) is 6.42 Å². The monoisotopic (exact) mass is 282 g/mol. The Morgan fingerprint density at radius 2 is 2.11 bits per heavy atom. The molecule has 4 heteroatoms. The van der Waals surface area contributed by atoms with Gasteiger partial charge in [-0.15, -0.1) is 23.2 Å². The van der Waals surface area contributed by atoms with Crippen LogP contribution in [0.3, 0.4) is 0 Å². The van der Waals surface area contributed by atoms with Gasteiger partial charge in [0, 0.05) is 10.5 Å². The first-order valence-corrected chi connectivity index (χ1v) is 4.96. The Morgan fingerprint density at radius 3 is 2.22 bits per heavy atom. The van der Waals surface area contributed by atoms with Crippen LogP contribution in [0.1, 0.15) is 6.42 Å². The molecule has 0 aromatic heterocycles. The molecule has 0 aromatic carbocycles. The number of hydrogen-bond donors (Lipinski definition) is 0. The second kappa shape index (κ2) is 7.38. The molecule has 9 heavy (non-hydrogen) atoms. The molecule has 0 aromatic rings. The fraction of sp³-hybridized carbons (Fsp3) is 1.00. The molecule has 0 N–H and O–H groups in total. The van der Waals surface area contributed by atoms with Crippen LogP contribution in [0.15, 0.2) is 0 Å².